The van der Waals surface area contributed by atoms with Crippen LogP contribution in [0.5, 0.6) is 0 Å². The number of halogens is 1. The molecule has 0 saturated heterocycles. The zero-order valence-electron chi connectivity index (χ0n) is 10.9. The Balaban J connectivity index is 0.00000220. The minimum atomic E-state index is -0.954. The molecule has 5 heteroatoms. The van der Waals surface area contributed by atoms with Crippen molar-refractivity contribution in [1.29, 1.82) is 0 Å². The van der Waals surface area contributed by atoms with Crippen LogP contribution in [0.15, 0.2) is 48.5 Å². The second-order valence-corrected chi connectivity index (χ2v) is 4.19. The lowest BCUT2D eigenvalue weighted by atomic mass is 10.1. The van der Waals surface area contributed by atoms with Gasteiger partial charge in [-0.2, -0.15) is 0 Å². The Kier molecular flexibility index (Phi) is 5.69. The van der Waals surface area contributed by atoms with Gasteiger partial charge in [0.15, 0.2) is 0 Å². The molecule has 108 valence electrons. The van der Waals surface area contributed by atoms with Gasteiger partial charge < -0.3 is 10.2 Å². The van der Waals surface area contributed by atoms with Gasteiger partial charge in [0.2, 0.25) is 0 Å². The number of carboxylic acid groups (broad SMARTS) is 2. The van der Waals surface area contributed by atoms with Gasteiger partial charge in [-0.05, 0) is 35.4 Å². The lowest BCUT2D eigenvalue weighted by molar-refractivity contribution is 0.0686. The van der Waals surface area contributed by atoms with Crippen LogP contribution in [0, 0.1) is 0 Å². The largest absolute Gasteiger partial charge is 0.478 e. The van der Waals surface area contributed by atoms with Crippen LogP contribution < -0.4 is 0 Å². The van der Waals surface area contributed by atoms with Crippen molar-refractivity contribution in [2.75, 3.05) is 0 Å². The first-order valence-electron chi connectivity index (χ1n) is 5.91. The van der Waals surface area contributed by atoms with Crippen molar-refractivity contribution >= 4 is 36.5 Å². The van der Waals surface area contributed by atoms with Crippen LogP contribution in [0.25, 0.3) is 12.2 Å². The van der Waals surface area contributed by atoms with Gasteiger partial charge in [-0.15, -0.1) is 12.4 Å². The second-order valence-electron chi connectivity index (χ2n) is 4.19. The van der Waals surface area contributed by atoms with Gasteiger partial charge in [0.05, 0.1) is 11.1 Å². The highest BCUT2D eigenvalue weighted by atomic mass is 35.5. The van der Waals surface area contributed by atoms with E-state index in [1.54, 1.807) is 24.3 Å². The first-order chi connectivity index (χ1) is 9.56. The minimum absolute atomic E-state index is 0. The Hall–Kier alpha value is -2.59. The van der Waals surface area contributed by atoms with Crippen LogP contribution >= 0.6 is 12.4 Å². The fourth-order valence-corrected chi connectivity index (χ4v) is 1.67. The molecule has 2 rings (SSSR count). The van der Waals surface area contributed by atoms with E-state index >= 15 is 0 Å². The highest BCUT2D eigenvalue weighted by molar-refractivity contribution is 5.88. The van der Waals surface area contributed by atoms with Crippen molar-refractivity contribution in [3.63, 3.8) is 0 Å². The van der Waals surface area contributed by atoms with Crippen molar-refractivity contribution in [2.24, 2.45) is 0 Å². The molecule has 0 atom stereocenters. The number of carbonyl (C=O) groups is 2. The van der Waals surface area contributed by atoms with Gasteiger partial charge in [0, 0.05) is 0 Å². The van der Waals surface area contributed by atoms with E-state index < -0.39 is 11.9 Å². The molecule has 0 amide bonds. The summed E-state index contributed by atoms with van der Waals surface area (Å²) in [6.07, 6.45) is 3.67. The number of carboxylic acids is 2. The first kappa shape index (κ1) is 16.5. The van der Waals surface area contributed by atoms with Gasteiger partial charge in [-0.3, -0.25) is 0 Å². The highest BCUT2D eigenvalue weighted by Crippen LogP contribution is 2.11. The average Bonchev–Trinajstić information content (AvgIpc) is 2.46. The van der Waals surface area contributed by atoms with Crippen LogP contribution in [0.2, 0.25) is 0 Å². The molecular formula is C16H13ClO4. The first-order valence-corrected chi connectivity index (χ1v) is 5.91. The molecule has 0 fully saturated rings. The van der Waals surface area contributed by atoms with Gasteiger partial charge in [-0.1, -0.05) is 36.4 Å². The quantitative estimate of drug-likeness (QED) is 0.845. The standard InChI is InChI=1S/C16H12O4.ClH/c17-15(18)13-7-3-11(4-8-13)1-2-12-5-9-14(10-6-12)16(19)20;/h1-10H,(H,17,18)(H,19,20);1H. The van der Waals surface area contributed by atoms with Gasteiger partial charge >= 0.3 is 11.9 Å². The monoisotopic (exact) mass is 304 g/mol. The Bertz CT molecular complexity index is 598. The molecule has 0 aromatic heterocycles. The predicted molar refractivity (Wildman–Crippen MR) is 83.0 cm³/mol. The maximum Gasteiger partial charge on any atom is 0.335 e. The van der Waals surface area contributed by atoms with Crippen LogP contribution in [0.3, 0.4) is 0 Å². The summed E-state index contributed by atoms with van der Waals surface area (Å²) in [5, 5.41) is 17.6. The molecule has 2 aromatic rings. The van der Waals surface area contributed by atoms with E-state index in [1.165, 1.54) is 24.3 Å². The van der Waals surface area contributed by atoms with E-state index in [4.69, 9.17) is 10.2 Å². The molecule has 0 radical (unpaired) electrons. The molecule has 0 heterocycles. The maximum atomic E-state index is 10.7. The lowest BCUT2D eigenvalue weighted by Gasteiger charge is -1.97. The van der Waals surface area contributed by atoms with E-state index in [0.29, 0.717) is 0 Å². The van der Waals surface area contributed by atoms with E-state index in [-0.39, 0.29) is 23.5 Å². The molecule has 0 saturated carbocycles. The second kappa shape index (κ2) is 7.26. The number of hydrogen-bond donors (Lipinski definition) is 2. The molecule has 0 aliphatic carbocycles. The Morgan fingerprint density at radius 1 is 0.667 bits per heavy atom. The summed E-state index contributed by atoms with van der Waals surface area (Å²) in [6, 6.07) is 13.0. The summed E-state index contributed by atoms with van der Waals surface area (Å²) in [4.78, 5) is 21.4. The van der Waals surface area contributed by atoms with E-state index in [1.807, 2.05) is 12.2 Å². The van der Waals surface area contributed by atoms with Crippen LogP contribution in [-0.2, 0) is 0 Å². The molecule has 0 aliphatic heterocycles. The van der Waals surface area contributed by atoms with Gasteiger partial charge in [0.25, 0.3) is 0 Å². The minimum Gasteiger partial charge on any atom is -0.478 e. The van der Waals surface area contributed by atoms with E-state index in [9.17, 15) is 9.59 Å². The molecule has 4 nitrogen and oxygen atoms in total. The van der Waals surface area contributed by atoms with Crippen LogP contribution in [0.4, 0.5) is 0 Å². The van der Waals surface area contributed by atoms with Gasteiger partial charge in [0.1, 0.15) is 0 Å². The number of benzene rings is 2. The molecule has 21 heavy (non-hydrogen) atoms. The van der Waals surface area contributed by atoms with Crippen molar-refractivity contribution in [2.45, 2.75) is 0 Å². The third-order valence-electron chi connectivity index (χ3n) is 2.78. The molecule has 0 bridgehead atoms. The molecule has 2 N–H and O–H groups in total. The molecule has 0 aliphatic rings. The fraction of sp³-hybridized carbons (Fsp3) is 0. The number of rotatable bonds is 4. The topological polar surface area (TPSA) is 74.6 Å². The predicted octanol–water partition coefficient (Wildman–Crippen LogP) is 3.68. The van der Waals surface area contributed by atoms with Crippen molar-refractivity contribution < 1.29 is 19.8 Å². The Labute approximate surface area is 127 Å². The fourth-order valence-electron chi connectivity index (χ4n) is 1.67. The Morgan fingerprint density at radius 3 is 1.19 bits per heavy atom. The number of aromatic carboxylic acids is 2. The summed E-state index contributed by atoms with van der Waals surface area (Å²) < 4.78 is 0. The normalized spacial score (nSPS) is 10.1. The summed E-state index contributed by atoms with van der Waals surface area (Å²) in [5.41, 5.74) is 2.23. The summed E-state index contributed by atoms with van der Waals surface area (Å²) in [7, 11) is 0. The van der Waals surface area contributed by atoms with E-state index in [0.717, 1.165) is 11.1 Å². The van der Waals surface area contributed by atoms with Crippen LogP contribution in [0.1, 0.15) is 31.8 Å². The molecule has 0 unspecified atom stereocenters. The molecule has 0 spiro atoms. The third-order valence-corrected chi connectivity index (χ3v) is 2.78. The lowest BCUT2D eigenvalue weighted by Crippen LogP contribution is -1.95. The zero-order chi connectivity index (χ0) is 14.5. The van der Waals surface area contributed by atoms with Crippen molar-refractivity contribution in [3.05, 3.63) is 70.8 Å². The summed E-state index contributed by atoms with van der Waals surface area (Å²) >= 11 is 0. The average molecular weight is 305 g/mol. The summed E-state index contributed by atoms with van der Waals surface area (Å²) in [6.45, 7) is 0. The smallest absolute Gasteiger partial charge is 0.335 e. The molecular weight excluding hydrogens is 292 g/mol. The van der Waals surface area contributed by atoms with Gasteiger partial charge in [-0.25, -0.2) is 9.59 Å². The van der Waals surface area contributed by atoms with Crippen molar-refractivity contribution in [1.82, 2.24) is 0 Å². The maximum absolute atomic E-state index is 10.7. The SMILES string of the molecule is Cl.O=C(O)c1ccc(C=Cc2ccc(C(=O)O)cc2)cc1. The van der Waals surface area contributed by atoms with Crippen molar-refractivity contribution in [3.8, 4) is 0 Å². The third kappa shape index (κ3) is 4.47. The van der Waals surface area contributed by atoms with E-state index in [2.05, 4.69) is 0 Å². The highest BCUT2D eigenvalue weighted by Gasteiger charge is 2.01. The number of hydrogen-bond acceptors (Lipinski definition) is 2. The summed E-state index contributed by atoms with van der Waals surface area (Å²) in [5.74, 6) is -1.91. The Morgan fingerprint density at radius 2 is 0.952 bits per heavy atom. The van der Waals surface area contributed by atoms with Crippen LogP contribution in [-0.4, -0.2) is 22.2 Å². The molecule has 2 aromatic carbocycles. The zero-order valence-corrected chi connectivity index (χ0v) is 11.7.